The van der Waals surface area contributed by atoms with Crippen LogP contribution in [0, 0.1) is 11.3 Å². The fourth-order valence-corrected chi connectivity index (χ4v) is 1.91. The SMILES string of the molecule is COc1cccc(C=Nc2ccc(C#N)cc2)c1O[C@@H](C)C(=O)O. The first-order valence-corrected chi connectivity index (χ1v) is 7.16. The third-order valence-corrected chi connectivity index (χ3v) is 3.22. The van der Waals surface area contributed by atoms with Crippen LogP contribution in [0.2, 0.25) is 0 Å². The topological polar surface area (TPSA) is 91.9 Å². The van der Waals surface area contributed by atoms with Crippen LogP contribution in [0.1, 0.15) is 18.1 Å². The second kappa shape index (κ2) is 7.79. The number of carboxylic acid groups (broad SMARTS) is 1. The number of rotatable bonds is 6. The monoisotopic (exact) mass is 324 g/mol. The molecule has 1 atom stereocenters. The van der Waals surface area contributed by atoms with Gasteiger partial charge in [0.05, 0.1) is 24.4 Å². The summed E-state index contributed by atoms with van der Waals surface area (Å²) >= 11 is 0. The van der Waals surface area contributed by atoms with E-state index in [0.717, 1.165) is 0 Å². The van der Waals surface area contributed by atoms with E-state index in [0.29, 0.717) is 28.3 Å². The molecule has 0 heterocycles. The molecule has 0 aliphatic rings. The number of hydrogen-bond donors (Lipinski definition) is 1. The largest absolute Gasteiger partial charge is 0.493 e. The molecule has 122 valence electrons. The van der Waals surface area contributed by atoms with Gasteiger partial charge in [0.25, 0.3) is 0 Å². The average Bonchev–Trinajstić information content (AvgIpc) is 2.60. The summed E-state index contributed by atoms with van der Waals surface area (Å²) < 4.78 is 10.7. The van der Waals surface area contributed by atoms with E-state index in [9.17, 15) is 4.79 Å². The molecule has 0 amide bonds. The van der Waals surface area contributed by atoms with Crippen molar-refractivity contribution in [2.75, 3.05) is 7.11 Å². The maximum absolute atomic E-state index is 11.0. The Morgan fingerprint density at radius 1 is 1.29 bits per heavy atom. The molecule has 0 unspecified atom stereocenters. The van der Waals surface area contributed by atoms with Crippen molar-refractivity contribution in [3.63, 3.8) is 0 Å². The molecular weight excluding hydrogens is 308 g/mol. The van der Waals surface area contributed by atoms with Crippen LogP contribution in [0.3, 0.4) is 0 Å². The van der Waals surface area contributed by atoms with Crippen LogP contribution in [-0.2, 0) is 4.79 Å². The van der Waals surface area contributed by atoms with E-state index in [1.165, 1.54) is 14.0 Å². The molecule has 0 fully saturated rings. The summed E-state index contributed by atoms with van der Waals surface area (Å²) in [5.74, 6) is -0.338. The maximum Gasteiger partial charge on any atom is 0.344 e. The van der Waals surface area contributed by atoms with E-state index in [1.807, 2.05) is 6.07 Å². The van der Waals surface area contributed by atoms with E-state index in [1.54, 1.807) is 48.7 Å². The number of benzene rings is 2. The molecule has 0 radical (unpaired) electrons. The molecular formula is C18H16N2O4. The summed E-state index contributed by atoms with van der Waals surface area (Å²) in [4.78, 5) is 15.4. The number of methoxy groups -OCH3 is 1. The van der Waals surface area contributed by atoms with Gasteiger partial charge in [0, 0.05) is 11.8 Å². The van der Waals surface area contributed by atoms with E-state index in [2.05, 4.69) is 4.99 Å². The van der Waals surface area contributed by atoms with Gasteiger partial charge in [-0.1, -0.05) is 6.07 Å². The first-order chi connectivity index (χ1) is 11.5. The van der Waals surface area contributed by atoms with Crippen molar-refractivity contribution in [1.82, 2.24) is 0 Å². The first kappa shape index (κ1) is 17.0. The van der Waals surface area contributed by atoms with Crippen molar-refractivity contribution >= 4 is 17.9 Å². The minimum atomic E-state index is -1.07. The van der Waals surface area contributed by atoms with Crippen LogP contribution >= 0.6 is 0 Å². The molecule has 6 heteroatoms. The number of aliphatic imine (C=N–C) groups is 1. The maximum atomic E-state index is 11.0. The predicted molar refractivity (Wildman–Crippen MR) is 89.1 cm³/mol. The van der Waals surface area contributed by atoms with Crippen molar-refractivity contribution in [3.8, 4) is 17.6 Å². The third kappa shape index (κ3) is 4.11. The quantitative estimate of drug-likeness (QED) is 0.824. The van der Waals surface area contributed by atoms with Gasteiger partial charge in [-0.25, -0.2) is 4.79 Å². The highest BCUT2D eigenvalue weighted by atomic mass is 16.5. The van der Waals surface area contributed by atoms with E-state index in [4.69, 9.17) is 19.8 Å². The number of hydrogen-bond acceptors (Lipinski definition) is 5. The molecule has 2 rings (SSSR count). The Kier molecular flexibility index (Phi) is 5.53. The van der Waals surface area contributed by atoms with Crippen LogP contribution in [0.15, 0.2) is 47.5 Å². The van der Waals surface area contributed by atoms with Crippen LogP contribution in [0.5, 0.6) is 11.5 Å². The lowest BCUT2D eigenvalue weighted by molar-refractivity contribution is -0.144. The highest BCUT2D eigenvalue weighted by molar-refractivity contribution is 5.87. The molecule has 0 saturated heterocycles. The van der Waals surface area contributed by atoms with Crippen molar-refractivity contribution in [2.45, 2.75) is 13.0 Å². The van der Waals surface area contributed by atoms with Crippen molar-refractivity contribution in [2.24, 2.45) is 4.99 Å². The first-order valence-electron chi connectivity index (χ1n) is 7.16. The lowest BCUT2D eigenvalue weighted by atomic mass is 10.2. The van der Waals surface area contributed by atoms with Crippen LogP contribution in [0.4, 0.5) is 5.69 Å². The summed E-state index contributed by atoms with van der Waals surface area (Å²) in [5, 5.41) is 17.8. The number of carbonyl (C=O) groups is 1. The molecule has 0 aliphatic heterocycles. The molecule has 0 spiro atoms. The highest BCUT2D eigenvalue weighted by Gasteiger charge is 2.17. The summed E-state index contributed by atoms with van der Waals surface area (Å²) in [6.07, 6.45) is 0.539. The zero-order chi connectivity index (χ0) is 17.5. The van der Waals surface area contributed by atoms with Gasteiger partial charge < -0.3 is 14.6 Å². The summed E-state index contributed by atoms with van der Waals surface area (Å²) in [5.41, 5.74) is 1.80. The lowest BCUT2D eigenvalue weighted by Crippen LogP contribution is -2.23. The van der Waals surface area contributed by atoms with Gasteiger partial charge in [-0.2, -0.15) is 5.26 Å². The fraction of sp³-hybridized carbons (Fsp3) is 0.167. The Morgan fingerprint density at radius 3 is 2.58 bits per heavy atom. The molecule has 6 nitrogen and oxygen atoms in total. The Balaban J connectivity index is 2.33. The van der Waals surface area contributed by atoms with Crippen LogP contribution < -0.4 is 9.47 Å². The number of carboxylic acids is 1. The molecule has 2 aromatic carbocycles. The van der Waals surface area contributed by atoms with Crippen molar-refractivity contribution < 1.29 is 19.4 Å². The smallest absolute Gasteiger partial charge is 0.344 e. The van der Waals surface area contributed by atoms with Gasteiger partial charge >= 0.3 is 5.97 Å². The predicted octanol–water partition coefficient (Wildman–Crippen LogP) is 3.17. The Labute approximate surface area is 139 Å². The van der Waals surface area contributed by atoms with Gasteiger partial charge in [-0.15, -0.1) is 0 Å². The van der Waals surface area contributed by atoms with Crippen LogP contribution in [0.25, 0.3) is 0 Å². The molecule has 0 aromatic heterocycles. The van der Waals surface area contributed by atoms with Gasteiger partial charge in [-0.05, 0) is 43.3 Å². The van der Waals surface area contributed by atoms with Crippen LogP contribution in [-0.4, -0.2) is 30.5 Å². The standard InChI is InChI=1S/C18H16N2O4/c1-12(18(21)22)24-17-14(4-3-5-16(17)23-2)11-20-15-8-6-13(10-19)7-9-15/h3-9,11-12H,1-2H3,(H,21,22)/t12-/m0/s1. The number of ether oxygens (including phenoxy) is 2. The second-order valence-corrected chi connectivity index (χ2v) is 4.89. The molecule has 0 saturated carbocycles. The van der Waals surface area contributed by atoms with Gasteiger partial charge in [0.15, 0.2) is 17.6 Å². The molecule has 0 bridgehead atoms. The molecule has 24 heavy (non-hydrogen) atoms. The number of nitriles is 1. The number of nitrogens with zero attached hydrogens (tertiary/aromatic N) is 2. The Hall–Kier alpha value is -3.33. The van der Waals surface area contributed by atoms with E-state index >= 15 is 0 Å². The molecule has 1 N–H and O–H groups in total. The Morgan fingerprint density at radius 2 is 2.00 bits per heavy atom. The molecule has 0 aliphatic carbocycles. The number of aliphatic carboxylic acids is 1. The van der Waals surface area contributed by atoms with Gasteiger partial charge in [0.2, 0.25) is 0 Å². The van der Waals surface area contributed by atoms with Gasteiger partial charge in [-0.3, -0.25) is 4.99 Å². The lowest BCUT2D eigenvalue weighted by Gasteiger charge is -2.15. The highest BCUT2D eigenvalue weighted by Crippen LogP contribution is 2.31. The van der Waals surface area contributed by atoms with E-state index < -0.39 is 12.1 Å². The minimum Gasteiger partial charge on any atom is -0.493 e. The zero-order valence-corrected chi connectivity index (χ0v) is 13.3. The number of para-hydroxylation sites is 1. The van der Waals surface area contributed by atoms with Crippen molar-refractivity contribution in [1.29, 1.82) is 5.26 Å². The second-order valence-electron chi connectivity index (χ2n) is 4.89. The fourth-order valence-electron chi connectivity index (χ4n) is 1.91. The third-order valence-electron chi connectivity index (χ3n) is 3.22. The summed E-state index contributed by atoms with van der Waals surface area (Å²) in [7, 11) is 1.48. The molecule has 2 aromatic rings. The minimum absolute atomic E-state index is 0.312. The summed E-state index contributed by atoms with van der Waals surface area (Å²) in [6, 6.07) is 14.0. The average molecular weight is 324 g/mol. The van der Waals surface area contributed by atoms with E-state index in [-0.39, 0.29) is 0 Å². The van der Waals surface area contributed by atoms with Crippen molar-refractivity contribution in [3.05, 3.63) is 53.6 Å². The zero-order valence-electron chi connectivity index (χ0n) is 13.3. The normalized spacial score (nSPS) is 11.7. The van der Waals surface area contributed by atoms with Gasteiger partial charge in [0.1, 0.15) is 0 Å². The summed E-state index contributed by atoms with van der Waals surface area (Å²) in [6.45, 7) is 1.44. The Bertz CT molecular complexity index is 792.